The van der Waals surface area contributed by atoms with Crippen LogP contribution in [0.4, 0.5) is 4.79 Å². The zero-order chi connectivity index (χ0) is 15.3. The fourth-order valence-electron chi connectivity index (χ4n) is 1.52. The molecule has 0 radical (unpaired) electrons. The fourth-order valence-corrected chi connectivity index (χ4v) is 2.47. The van der Waals surface area contributed by atoms with E-state index in [1.807, 2.05) is 13.8 Å². The van der Waals surface area contributed by atoms with Gasteiger partial charge in [-0.05, 0) is 13.8 Å². The molecule has 1 heterocycles. The van der Waals surface area contributed by atoms with Gasteiger partial charge in [0.15, 0.2) is 0 Å². The van der Waals surface area contributed by atoms with Gasteiger partial charge in [0.2, 0.25) is 0 Å². The van der Waals surface area contributed by atoms with E-state index in [0.717, 1.165) is 15.3 Å². The van der Waals surface area contributed by atoms with Gasteiger partial charge >= 0.3 is 6.03 Å². The monoisotopic (exact) mass is 301 g/mol. The standard InChI is InChI=1S/C11H19N5O3S/c1-5-8-14(4)20(18,19)10-12-9-16(13-10)11(17)15(6-2)7-3/h5,9H,1,6-8H2,2-4H3. The molecule has 9 heteroatoms. The van der Waals surface area contributed by atoms with E-state index in [-0.39, 0.29) is 6.54 Å². The van der Waals surface area contributed by atoms with Gasteiger partial charge in [-0.3, -0.25) is 0 Å². The second-order valence-corrected chi connectivity index (χ2v) is 5.94. The third-order valence-electron chi connectivity index (χ3n) is 2.73. The Kier molecular flexibility index (Phi) is 5.40. The second kappa shape index (κ2) is 6.62. The van der Waals surface area contributed by atoms with Crippen molar-refractivity contribution in [3.05, 3.63) is 19.0 Å². The number of nitrogens with zero attached hydrogens (tertiary/aromatic N) is 5. The average molecular weight is 301 g/mol. The van der Waals surface area contributed by atoms with Crippen molar-refractivity contribution >= 4 is 16.1 Å². The lowest BCUT2D eigenvalue weighted by Crippen LogP contribution is -2.35. The molecule has 0 bridgehead atoms. The first kappa shape index (κ1) is 16.3. The summed E-state index contributed by atoms with van der Waals surface area (Å²) in [4.78, 5) is 17.2. The Morgan fingerprint density at radius 1 is 1.45 bits per heavy atom. The summed E-state index contributed by atoms with van der Waals surface area (Å²) in [7, 11) is -2.41. The molecule has 0 unspecified atom stereocenters. The van der Waals surface area contributed by atoms with Gasteiger partial charge in [0.05, 0.1) is 0 Å². The molecule has 1 amide bonds. The number of aromatic nitrogens is 3. The molecule has 112 valence electrons. The minimum atomic E-state index is -3.80. The number of likely N-dealkylation sites (N-methyl/N-ethyl adjacent to an activating group) is 1. The van der Waals surface area contributed by atoms with Crippen molar-refractivity contribution in [1.82, 2.24) is 24.0 Å². The van der Waals surface area contributed by atoms with Gasteiger partial charge in [0.25, 0.3) is 15.2 Å². The van der Waals surface area contributed by atoms with Crippen molar-refractivity contribution in [1.29, 1.82) is 0 Å². The first-order valence-corrected chi connectivity index (χ1v) is 7.60. The van der Waals surface area contributed by atoms with Crippen molar-refractivity contribution in [3.8, 4) is 0 Å². The Hall–Kier alpha value is -1.74. The van der Waals surface area contributed by atoms with Gasteiger partial charge in [0.1, 0.15) is 6.33 Å². The molecule has 0 saturated carbocycles. The normalized spacial score (nSPS) is 11.6. The molecule has 0 fully saturated rings. The summed E-state index contributed by atoms with van der Waals surface area (Å²) in [5.74, 6) is 0. The van der Waals surface area contributed by atoms with E-state index >= 15 is 0 Å². The highest BCUT2D eigenvalue weighted by molar-refractivity contribution is 7.88. The van der Waals surface area contributed by atoms with Crippen molar-refractivity contribution in [2.45, 2.75) is 19.0 Å². The third kappa shape index (κ3) is 3.23. The Balaban J connectivity index is 3.03. The number of amides is 1. The zero-order valence-electron chi connectivity index (χ0n) is 11.9. The smallest absolute Gasteiger partial charge is 0.323 e. The van der Waals surface area contributed by atoms with Crippen molar-refractivity contribution < 1.29 is 13.2 Å². The van der Waals surface area contributed by atoms with Crippen molar-refractivity contribution in [2.75, 3.05) is 26.7 Å². The molecule has 0 N–H and O–H groups in total. The summed E-state index contributed by atoms with van der Waals surface area (Å²) in [5.41, 5.74) is 0. The highest BCUT2D eigenvalue weighted by Crippen LogP contribution is 2.08. The second-order valence-electron chi connectivity index (χ2n) is 4.00. The van der Waals surface area contributed by atoms with Crippen LogP contribution in [0.1, 0.15) is 13.8 Å². The van der Waals surface area contributed by atoms with Crippen LogP contribution in [0.15, 0.2) is 24.1 Å². The molecule has 0 aliphatic heterocycles. The predicted octanol–water partition coefficient (Wildman–Crippen LogP) is 0.394. The number of hydrogen-bond donors (Lipinski definition) is 0. The third-order valence-corrected chi connectivity index (χ3v) is 4.35. The van der Waals surface area contributed by atoms with Crippen LogP contribution in [0.2, 0.25) is 0 Å². The Bertz CT molecular complexity index is 577. The predicted molar refractivity (Wildman–Crippen MR) is 73.7 cm³/mol. The minimum absolute atomic E-state index is 0.140. The van der Waals surface area contributed by atoms with Gasteiger partial charge in [-0.1, -0.05) is 6.08 Å². The van der Waals surface area contributed by atoms with Crippen molar-refractivity contribution in [2.24, 2.45) is 0 Å². The molecule has 0 saturated heterocycles. The molecule has 0 aliphatic rings. The van der Waals surface area contributed by atoms with E-state index in [1.54, 1.807) is 0 Å². The number of rotatable bonds is 6. The van der Waals surface area contributed by atoms with E-state index in [9.17, 15) is 13.2 Å². The molecule has 1 rings (SSSR count). The van der Waals surface area contributed by atoms with Crippen LogP contribution in [0.3, 0.4) is 0 Å². The van der Waals surface area contributed by atoms with Gasteiger partial charge in [-0.25, -0.2) is 18.2 Å². The summed E-state index contributed by atoms with van der Waals surface area (Å²) in [6.45, 7) is 8.28. The van der Waals surface area contributed by atoms with Crippen LogP contribution in [0.5, 0.6) is 0 Å². The van der Waals surface area contributed by atoms with E-state index in [4.69, 9.17) is 0 Å². The molecule has 8 nitrogen and oxygen atoms in total. The van der Waals surface area contributed by atoms with Crippen LogP contribution in [-0.2, 0) is 10.0 Å². The molecular formula is C11H19N5O3S. The molecule has 0 atom stereocenters. The Morgan fingerprint density at radius 2 is 2.05 bits per heavy atom. The van der Waals surface area contributed by atoms with E-state index in [0.29, 0.717) is 13.1 Å². The first-order valence-electron chi connectivity index (χ1n) is 6.16. The van der Waals surface area contributed by atoms with E-state index in [1.165, 1.54) is 18.0 Å². The zero-order valence-corrected chi connectivity index (χ0v) is 12.7. The number of carbonyl (C=O) groups excluding carboxylic acids is 1. The summed E-state index contributed by atoms with van der Waals surface area (Å²) in [6, 6.07) is -0.407. The Morgan fingerprint density at radius 3 is 2.55 bits per heavy atom. The lowest BCUT2D eigenvalue weighted by Gasteiger charge is -2.17. The molecule has 0 spiro atoms. The van der Waals surface area contributed by atoms with Gasteiger partial charge < -0.3 is 4.90 Å². The molecule has 1 aromatic rings. The summed E-state index contributed by atoms with van der Waals surface area (Å²) < 4.78 is 26.2. The molecule has 0 aliphatic carbocycles. The first-order chi connectivity index (χ1) is 9.38. The van der Waals surface area contributed by atoms with E-state index in [2.05, 4.69) is 16.7 Å². The highest BCUT2D eigenvalue weighted by atomic mass is 32.2. The van der Waals surface area contributed by atoms with Gasteiger partial charge in [-0.15, -0.1) is 11.7 Å². The molecular weight excluding hydrogens is 282 g/mol. The highest BCUT2D eigenvalue weighted by Gasteiger charge is 2.26. The van der Waals surface area contributed by atoms with Crippen LogP contribution in [-0.4, -0.2) is 65.1 Å². The van der Waals surface area contributed by atoms with E-state index < -0.39 is 21.2 Å². The summed E-state index contributed by atoms with van der Waals surface area (Å²) in [5, 5.41) is 3.35. The van der Waals surface area contributed by atoms with Crippen LogP contribution < -0.4 is 0 Å². The summed E-state index contributed by atoms with van der Waals surface area (Å²) in [6.07, 6.45) is 2.56. The lowest BCUT2D eigenvalue weighted by molar-refractivity contribution is 0.201. The number of sulfonamides is 1. The number of carbonyl (C=O) groups is 1. The van der Waals surface area contributed by atoms with Crippen LogP contribution >= 0.6 is 0 Å². The minimum Gasteiger partial charge on any atom is -0.323 e. The van der Waals surface area contributed by atoms with Crippen molar-refractivity contribution in [3.63, 3.8) is 0 Å². The maximum absolute atomic E-state index is 12.1. The number of hydrogen-bond acceptors (Lipinski definition) is 5. The lowest BCUT2D eigenvalue weighted by atomic mass is 10.5. The molecule has 0 aromatic carbocycles. The van der Waals surface area contributed by atoms with Crippen LogP contribution in [0, 0.1) is 0 Å². The summed E-state index contributed by atoms with van der Waals surface area (Å²) >= 11 is 0. The van der Waals surface area contributed by atoms with Crippen LogP contribution in [0.25, 0.3) is 0 Å². The fraction of sp³-hybridized carbons (Fsp3) is 0.545. The quantitative estimate of drug-likeness (QED) is 0.709. The van der Waals surface area contributed by atoms with Gasteiger partial charge in [-0.2, -0.15) is 8.99 Å². The largest absolute Gasteiger partial charge is 0.346 e. The average Bonchev–Trinajstić information content (AvgIpc) is 2.90. The Labute approximate surface area is 118 Å². The maximum atomic E-state index is 12.1. The van der Waals surface area contributed by atoms with Gasteiger partial charge in [0, 0.05) is 26.7 Å². The molecule has 1 aromatic heterocycles. The maximum Gasteiger partial charge on any atom is 0.346 e. The molecule has 20 heavy (non-hydrogen) atoms. The topological polar surface area (TPSA) is 88.4 Å². The SMILES string of the molecule is C=CCN(C)S(=O)(=O)c1ncn(C(=O)N(CC)CC)n1.